The minimum absolute atomic E-state index is 0.0880. The molecule has 1 fully saturated rings. The van der Waals surface area contributed by atoms with Crippen molar-refractivity contribution >= 4 is 29.2 Å². The maximum Gasteiger partial charge on any atom is 0.264 e. The van der Waals surface area contributed by atoms with Gasteiger partial charge in [0.1, 0.15) is 11.6 Å². The lowest BCUT2D eigenvalue weighted by molar-refractivity contribution is -0.123. The zero-order valence-electron chi connectivity index (χ0n) is 18.8. The van der Waals surface area contributed by atoms with Gasteiger partial charge in [0.15, 0.2) is 0 Å². The van der Waals surface area contributed by atoms with E-state index in [1.807, 2.05) is 6.92 Å². The summed E-state index contributed by atoms with van der Waals surface area (Å²) < 4.78 is 55.8. The summed E-state index contributed by atoms with van der Waals surface area (Å²) >= 11 is 0.801. The summed E-state index contributed by atoms with van der Waals surface area (Å²) in [6.45, 7) is 2.58. The molecule has 0 saturated carbocycles. The zero-order valence-corrected chi connectivity index (χ0v) is 19.7. The van der Waals surface area contributed by atoms with Crippen molar-refractivity contribution in [2.45, 2.75) is 30.7 Å². The second-order valence-electron chi connectivity index (χ2n) is 8.95. The summed E-state index contributed by atoms with van der Waals surface area (Å²) in [5.74, 6) is -1.35. The number of nitrogens with two attached hydrogens (primary N) is 1. The Bertz CT molecular complexity index is 1300. The quantitative estimate of drug-likeness (QED) is 0.347. The highest BCUT2D eigenvalue weighted by Gasteiger charge is 2.41. The molecule has 9 heteroatoms. The molecule has 0 aliphatic carbocycles. The molecule has 0 unspecified atom stereocenters. The van der Waals surface area contributed by atoms with Gasteiger partial charge in [0.05, 0.1) is 16.5 Å². The van der Waals surface area contributed by atoms with E-state index in [4.69, 9.17) is 5.14 Å². The summed E-state index contributed by atoms with van der Waals surface area (Å²) in [4.78, 5) is 17.0. The Morgan fingerprint density at radius 3 is 2.46 bits per heavy atom. The molecule has 3 aromatic carbocycles. The molecule has 182 valence electrons. The van der Waals surface area contributed by atoms with Crippen molar-refractivity contribution in [3.8, 4) is 11.1 Å². The van der Waals surface area contributed by atoms with E-state index in [2.05, 4.69) is 0 Å². The third-order valence-corrected chi connectivity index (χ3v) is 7.31. The molecule has 2 N–H and O–H groups in total. The van der Waals surface area contributed by atoms with Crippen LogP contribution < -0.4 is 14.9 Å². The van der Waals surface area contributed by atoms with E-state index in [0.29, 0.717) is 36.4 Å². The molecule has 2 aliphatic rings. The number of nitrogens with zero attached hydrogens (tertiary/aromatic N) is 2. The highest BCUT2D eigenvalue weighted by atomic mass is 32.2. The van der Waals surface area contributed by atoms with E-state index in [1.165, 1.54) is 24.3 Å². The van der Waals surface area contributed by atoms with Crippen LogP contribution in [0, 0.1) is 17.6 Å². The van der Waals surface area contributed by atoms with Gasteiger partial charge >= 0.3 is 0 Å². The van der Waals surface area contributed by atoms with Gasteiger partial charge in [0.25, 0.3) is 6.43 Å². The number of hydrogen-bond acceptors (Lipinski definition) is 4. The van der Waals surface area contributed by atoms with Gasteiger partial charge < -0.3 is 9.80 Å². The monoisotopic (exact) mass is 501 g/mol. The summed E-state index contributed by atoms with van der Waals surface area (Å²) in [6, 6.07) is 13.4. The second-order valence-corrected chi connectivity index (χ2v) is 9.62. The predicted molar refractivity (Wildman–Crippen MR) is 130 cm³/mol. The van der Waals surface area contributed by atoms with Crippen LogP contribution in [0.25, 0.3) is 11.1 Å². The number of amides is 1. The van der Waals surface area contributed by atoms with Crippen LogP contribution in [0.5, 0.6) is 0 Å². The van der Waals surface area contributed by atoms with Crippen LogP contribution in [0.3, 0.4) is 0 Å². The molecule has 1 amide bonds. The lowest BCUT2D eigenvalue weighted by Crippen LogP contribution is -2.56. The van der Waals surface area contributed by atoms with Gasteiger partial charge in [-0.2, -0.15) is 0 Å². The van der Waals surface area contributed by atoms with Crippen LogP contribution in [0.4, 0.5) is 28.9 Å². The van der Waals surface area contributed by atoms with Crippen molar-refractivity contribution in [3.05, 3.63) is 77.4 Å². The largest absolute Gasteiger partial charge is 0.367 e. The third-order valence-electron chi connectivity index (χ3n) is 6.74. The Balaban J connectivity index is 1.32. The average Bonchev–Trinajstić information content (AvgIpc) is 3.12. The van der Waals surface area contributed by atoms with Crippen molar-refractivity contribution in [2.24, 2.45) is 11.1 Å². The van der Waals surface area contributed by atoms with Gasteiger partial charge in [0, 0.05) is 30.4 Å². The second kappa shape index (κ2) is 9.20. The van der Waals surface area contributed by atoms with Crippen molar-refractivity contribution in [1.82, 2.24) is 0 Å². The van der Waals surface area contributed by atoms with E-state index in [0.717, 1.165) is 17.5 Å². The molecule has 2 heterocycles. The fraction of sp³-hybridized carbons (Fsp3) is 0.269. The molecule has 4 nitrogen and oxygen atoms in total. The fourth-order valence-corrected chi connectivity index (χ4v) is 5.31. The molecule has 0 aromatic heterocycles. The molecule has 3 aromatic rings. The van der Waals surface area contributed by atoms with Crippen molar-refractivity contribution in [1.29, 1.82) is 0 Å². The zero-order chi connectivity index (χ0) is 24.9. The number of halogens is 4. The molecule has 2 aliphatic heterocycles. The van der Waals surface area contributed by atoms with Gasteiger partial charge in [-0.05, 0) is 66.2 Å². The normalized spacial score (nSPS) is 17.6. The van der Waals surface area contributed by atoms with E-state index in [1.54, 1.807) is 40.1 Å². The van der Waals surface area contributed by atoms with Crippen LogP contribution in [-0.4, -0.2) is 25.0 Å². The number of carbonyl (C=O) groups is 1. The number of alkyl halides is 2. The van der Waals surface area contributed by atoms with Crippen molar-refractivity contribution in [3.63, 3.8) is 0 Å². The first-order valence-electron chi connectivity index (χ1n) is 11.2. The Morgan fingerprint density at radius 1 is 1.03 bits per heavy atom. The number of anilines is 2. The topological polar surface area (TPSA) is 49.6 Å². The highest BCUT2D eigenvalue weighted by Crippen LogP contribution is 2.39. The SMILES string of the molecule is C[C@H]1Cc2cc(F)c(SN)cc2N1C(=O)C1CN(c2ccc(-c3ccccc3C(F)F)cc2F)C1. The average molecular weight is 502 g/mol. The molecule has 0 radical (unpaired) electrons. The van der Waals surface area contributed by atoms with E-state index >= 15 is 0 Å². The third kappa shape index (κ3) is 4.16. The Labute approximate surface area is 204 Å². The number of carbonyl (C=O) groups excluding carboxylic acids is 1. The molecule has 5 rings (SSSR count). The summed E-state index contributed by atoms with van der Waals surface area (Å²) in [6.07, 6.45) is -2.11. The lowest BCUT2D eigenvalue weighted by atomic mass is 9.95. The van der Waals surface area contributed by atoms with E-state index in [-0.39, 0.29) is 33.9 Å². The first-order chi connectivity index (χ1) is 16.8. The van der Waals surface area contributed by atoms with Gasteiger partial charge in [-0.3, -0.25) is 9.93 Å². The smallest absolute Gasteiger partial charge is 0.264 e. The molecule has 1 atom stereocenters. The minimum atomic E-state index is -2.66. The van der Waals surface area contributed by atoms with Crippen LogP contribution in [0.2, 0.25) is 0 Å². The minimum Gasteiger partial charge on any atom is -0.367 e. The predicted octanol–water partition coefficient (Wildman–Crippen LogP) is 5.95. The highest BCUT2D eigenvalue weighted by molar-refractivity contribution is 7.97. The number of rotatable bonds is 5. The number of hydrogen-bond donors (Lipinski definition) is 1. The number of fused-ring (bicyclic) bond motifs is 1. The lowest BCUT2D eigenvalue weighted by Gasteiger charge is -2.42. The first kappa shape index (κ1) is 23.7. The van der Waals surface area contributed by atoms with E-state index in [9.17, 15) is 22.4 Å². The van der Waals surface area contributed by atoms with Crippen LogP contribution >= 0.6 is 11.9 Å². The molecule has 35 heavy (non-hydrogen) atoms. The van der Waals surface area contributed by atoms with Crippen LogP contribution in [-0.2, 0) is 11.2 Å². The molecular weight excluding hydrogens is 478 g/mol. The molecule has 1 saturated heterocycles. The van der Waals surface area contributed by atoms with Crippen molar-refractivity contribution < 1.29 is 22.4 Å². The van der Waals surface area contributed by atoms with Gasteiger partial charge in [-0.1, -0.05) is 30.3 Å². The molecule has 0 spiro atoms. The van der Waals surface area contributed by atoms with Gasteiger partial charge in [-0.15, -0.1) is 0 Å². The maximum atomic E-state index is 15.0. The van der Waals surface area contributed by atoms with Crippen molar-refractivity contribution in [2.75, 3.05) is 22.9 Å². The molecule has 0 bridgehead atoms. The first-order valence-corrected chi connectivity index (χ1v) is 12.1. The Kier molecular flexibility index (Phi) is 6.23. The molecular formula is C26H23F4N3OS. The summed E-state index contributed by atoms with van der Waals surface area (Å²) in [5, 5.41) is 5.56. The van der Waals surface area contributed by atoms with Gasteiger partial charge in [0.2, 0.25) is 5.91 Å². The standard InChI is InChI=1S/C26H23F4N3OS/c1-14-8-16-10-21(28)24(35-31)11-23(16)33(14)26(34)17-12-32(13-17)22-7-6-15(9-20(22)27)18-4-2-3-5-19(18)25(29)30/h2-7,9-11,14,17,25H,8,12-13,31H2,1H3/t14-/m0/s1. The summed E-state index contributed by atoms with van der Waals surface area (Å²) in [7, 11) is 0. The van der Waals surface area contributed by atoms with E-state index < -0.39 is 18.1 Å². The maximum absolute atomic E-state index is 15.0. The fourth-order valence-electron chi connectivity index (χ4n) is 4.95. The van der Waals surface area contributed by atoms with Crippen LogP contribution in [0.1, 0.15) is 24.5 Å². The summed E-state index contributed by atoms with van der Waals surface area (Å²) in [5.41, 5.74) is 2.28. The Morgan fingerprint density at radius 2 is 1.77 bits per heavy atom. The van der Waals surface area contributed by atoms with Crippen LogP contribution in [0.15, 0.2) is 59.5 Å². The van der Waals surface area contributed by atoms with Gasteiger partial charge in [-0.25, -0.2) is 17.6 Å². The number of benzene rings is 3. The Hall–Kier alpha value is -3.04.